The van der Waals surface area contributed by atoms with Crippen LogP contribution in [0.25, 0.3) is 0 Å². The molecule has 13 heteroatoms. The van der Waals surface area contributed by atoms with Crippen LogP contribution in [0.5, 0.6) is 5.75 Å². The highest BCUT2D eigenvalue weighted by molar-refractivity contribution is 7.99. The SMILES string of the molecule is CN(Cc1ccc(OC(F)F)cc1)C(=O)CSc1nnc(C(F)(F)F)n1N. The van der Waals surface area contributed by atoms with Crippen molar-refractivity contribution in [1.82, 2.24) is 19.8 Å². The van der Waals surface area contributed by atoms with E-state index in [-0.39, 0.29) is 27.9 Å². The zero-order chi connectivity index (χ0) is 20.2. The molecule has 27 heavy (non-hydrogen) atoms. The first-order valence-corrected chi connectivity index (χ1v) is 8.24. The van der Waals surface area contributed by atoms with E-state index in [0.717, 1.165) is 0 Å². The minimum Gasteiger partial charge on any atom is -0.435 e. The average Bonchev–Trinajstić information content (AvgIpc) is 2.94. The van der Waals surface area contributed by atoms with Crippen molar-refractivity contribution in [2.45, 2.75) is 24.5 Å². The van der Waals surface area contributed by atoms with Crippen LogP contribution in [0.1, 0.15) is 11.4 Å². The summed E-state index contributed by atoms with van der Waals surface area (Å²) in [6.45, 7) is -2.77. The number of ether oxygens (including phenoxy) is 1. The van der Waals surface area contributed by atoms with Crippen molar-refractivity contribution >= 4 is 17.7 Å². The minimum atomic E-state index is -4.75. The number of rotatable bonds is 7. The molecule has 0 spiro atoms. The second-order valence-corrected chi connectivity index (χ2v) is 6.18. The predicted octanol–water partition coefficient (Wildman–Crippen LogP) is 2.36. The molecule has 7 nitrogen and oxygen atoms in total. The molecule has 0 saturated carbocycles. The number of alkyl halides is 5. The van der Waals surface area contributed by atoms with E-state index >= 15 is 0 Å². The third-order valence-electron chi connectivity index (χ3n) is 3.24. The molecule has 0 aliphatic carbocycles. The van der Waals surface area contributed by atoms with Crippen molar-refractivity contribution in [3.05, 3.63) is 35.7 Å². The van der Waals surface area contributed by atoms with Crippen LogP contribution in [0.2, 0.25) is 0 Å². The molecule has 2 rings (SSSR count). The molecule has 148 valence electrons. The molecule has 2 aromatic rings. The standard InChI is InChI=1S/C14H14F5N5O2S/c1-23(6-8-2-4-9(5-3-8)26-12(15)16)10(25)7-27-13-22-21-11(24(13)20)14(17,18)19/h2-5,12H,6-7,20H2,1H3. The number of hydrogen-bond acceptors (Lipinski definition) is 6. The Labute approximate surface area is 154 Å². The maximum atomic E-state index is 12.6. The van der Waals surface area contributed by atoms with Gasteiger partial charge >= 0.3 is 12.8 Å². The van der Waals surface area contributed by atoms with E-state index in [1.54, 1.807) is 0 Å². The number of aromatic nitrogens is 3. The lowest BCUT2D eigenvalue weighted by atomic mass is 10.2. The number of carbonyl (C=O) groups excluding carboxylic acids is 1. The van der Waals surface area contributed by atoms with Gasteiger partial charge in [0, 0.05) is 13.6 Å². The minimum absolute atomic E-state index is 0.0129. The lowest BCUT2D eigenvalue weighted by molar-refractivity contribution is -0.146. The number of amides is 1. The van der Waals surface area contributed by atoms with Gasteiger partial charge in [-0.2, -0.15) is 22.0 Å². The van der Waals surface area contributed by atoms with Gasteiger partial charge in [0.1, 0.15) is 5.75 Å². The highest BCUT2D eigenvalue weighted by Crippen LogP contribution is 2.28. The van der Waals surface area contributed by atoms with Crippen LogP contribution in [0.3, 0.4) is 0 Å². The molecule has 0 aliphatic rings. The van der Waals surface area contributed by atoms with E-state index in [1.807, 2.05) is 0 Å². The van der Waals surface area contributed by atoms with Gasteiger partial charge in [-0.25, -0.2) is 4.68 Å². The van der Waals surface area contributed by atoms with E-state index in [4.69, 9.17) is 5.84 Å². The van der Waals surface area contributed by atoms with Crippen molar-refractivity contribution in [3.63, 3.8) is 0 Å². The van der Waals surface area contributed by atoms with E-state index in [0.29, 0.717) is 17.3 Å². The molecule has 0 saturated heterocycles. The molecule has 0 aliphatic heterocycles. The highest BCUT2D eigenvalue weighted by Gasteiger charge is 2.38. The number of thioether (sulfide) groups is 1. The molecule has 0 atom stereocenters. The van der Waals surface area contributed by atoms with Gasteiger partial charge in [-0.3, -0.25) is 4.79 Å². The Balaban J connectivity index is 1.90. The number of carbonyl (C=O) groups is 1. The molecule has 1 heterocycles. The third-order valence-corrected chi connectivity index (χ3v) is 4.16. The zero-order valence-corrected chi connectivity index (χ0v) is 14.6. The van der Waals surface area contributed by atoms with Crippen LogP contribution < -0.4 is 10.6 Å². The second-order valence-electron chi connectivity index (χ2n) is 5.23. The first kappa shape index (κ1) is 20.7. The summed E-state index contributed by atoms with van der Waals surface area (Å²) in [5.41, 5.74) is 0.652. The molecular weight excluding hydrogens is 397 g/mol. The van der Waals surface area contributed by atoms with Crippen LogP contribution in [0.15, 0.2) is 29.4 Å². The van der Waals surface area contributed by atoms with Crippen molar-refractivity contribution in [2.24, 2.45) is 0 Å². The smallest absolute Gasteiger partial charge is 0.435 e. The molecule has 1 aromatic carbocycles. The van der Waals surface area contributed by atoms with E-state index in [1.165, 1.54) is 36.2 Å². The first-order chi connectivity index (χ1) is 12.6. The number of nitrogen functional groups attached to an aromatic ring is 1. The maximum absolute atomic E-state index is 12.6. The Morgan fingerprint density at radius 1 is 1.30 bits per heavy atom. The summed E-state index contributed by atoms with van der Waals surface area (Å²) >= 11 is 0.710. The average molecular weight is 411 g/mol. The Kier molecular flexibility index (Phi) is 6.46. The van der Waals surface area contributed by atoms with Gasteiger partial charge in [-0.1, -0.05) is 23.9 Å². The molecule has 0 unspecified atom stereocenters. The topological polar surface area (TPSA) is 86.3 Å². The second kappa shape index (κ2) is 8.41. The summed E-state index contributed by atoms with van der Waals surface area (Å²) in [6.07, 6.45) is -4.75. The fourth-order valence-electron chi connectivity index (χ4n) is 1.94. The molecule has 1 amide bonds. The first-order valence-electron chi connectivity index (χ1n) is 7.26. The zero-order valence-electron chi connectivity index (χ0n) is 13.8. The van der Waals surface area contributed by atoms with Crippen molar-refractivity contribution < 1.29 is 31.5 Å². The van der Waals surface area contributed by atoms with Crippen LogP contribution in [-0.4, -0.2) is 45.1 Å². The lowest BCUT2D eigenvalue weighted by Crippen LogP contribution is -2.28. The number of hydrogen-bond donors (Lipinski definition) is 1. The number of nitrogens with two attached hydrogens (primary N) is 1. The Bertz CT molecular complexity index is 781. The maximum Gasteiger partial charge on any atom is 0.453 e. The van der Waals surface area contributed by atoms with E-state index in [9.17, 15) is 26.7 Å². The molecule has 0 radical (unpaired) electrons. The monoisotopic (exact) mass is 411 g/mol. The van der Waals surface area contributed by atoms with Crippen molar-refractivity contribution in [2.75, 3.05) is 18.6 Å². The third kappa shape index (κ3) is 5.70. The Hall–Kier alpha value is -2.57. The quantitative estimate of drug-likeness (QED) is 0.428. The van der Waals surface area contributed by atoms with Crippen molar-refractivity contribution in [1.29, 1.82) is 0 Å². The van der Waals surface area contributed by atoms with Gasteiger partial charge < -0.3 is 15.5 Å². The summed E-state index contributed by atoms with van der Waals surface area (Å²) in [5.74, 6) is 3.30. The van der Waals surface area contributed by atoms with Gasteiger partial charge in [0.15, 0.2) is 0 Å². The number of benzene rings is 1. The van der Waals surface area contributed by atoms with Crippen molar-refractivity contribution in [3.8, 4) is 5.75 Å². The van der Waals surface area contributed by atoms with E-state index < -0.39 is 24.5 Å². The normalized spacial score (nSPS) is 11.7. The largest absolute Gasteiger partial charge is 0.453 e. The van der Waals surface area contributed by atoms with Crippen LogP contribution in [0.4, 0.5) is 22.0 Å². The number of nitrogens with zero attached hydrogens (tertiary/aromatic N) is 4. The Morgan fingerprint density at radius 3 is 2.44 bits per heavy atom. The highest BCUT2D eigenvalue weighted by atomic mass is 32.2. The molecular formula is C14H14F5N5O2S. The predicted molar refractivity (Wildman–Crippen MR) is 85.4 cm³/mol. The van der Waals surface area contributed by atoms with E-state index in [2.05, 4.69) is 14.9 Å². The molecule has 2 N–H and O–H groups in total. The lowest BCUT2D eigenvalue weighted by Gasteiger charge is -2.17. The van der Waals surface area contributed by atoms with Crippen LogP contribution in [0, 0.1) is 0 Å². The van der Waals surface area contributed by atoms with Gasteiger partial charge in [0.2, 0.25) is 11.1 Å². The van der Waals surface area contributed by atoms with Gasteiger partial charge in [-0.15, -0.1) is 10.2 Å². The summed E-state index contributed by atoms with van der Waals surface area (Å²) in [5, 5.41) is 6.02. The summed E-state index contributed by atoms with van der Waals surface area (Å²) in [7, 11) is 1.49. The molecule has 1 aromatic heterocycles. The van der Waals surface area contributed by atoms with Gasteiger partial charge in [-0.05, 0) is 17.7 Å². The fraction of sp³-hybridized carbons (Fsp3) is 0.357. The van der Waals surface area contributed by atoms with Gasteiger partial charge in [0.05, 0.1) is 5.75 Å². The number of halogens is 5. The van der Waals surface area contributed by atoms with Crippen LogP contribution >= 0.6 is 11.8 Å². The fourth-order valence-corrected chi connectivity index (χ4v) is 2.74. The Morgan fingerprint density at radius 2 is 1.93 bits per heavy atom. The summed E-state index contributed by atoms with van der Waals surface area (Å²) < 4.78 is 66.5. The molecule has 0 fully saturated rings. The summed E-state index contributed by atoms with van der Waals surface area (Å²) in [6, 6.07) is 5.70. The van der Waals surface area contributed by atoms with Gasteiger partial charge in [0.25, 0.3) is 5.82 Å². The molecule has 0 bridgehead atoms. The summed E-state index contributed by atoms with van der Waals surface area (Å²) in [4.78, 5) is 13.4. The van der Waals surface area contributed by atoms with Crippen LogP contribution in [-0.2, 0) is 17.5 Å².